The van der Waals surface area contributed by atoms with Crippen LogP contribution in [0, 0.1) is 11.3 Å². The van der Waals surface area contributed by atoms with Gasteiger partial charge in [0.1, 0.15) is 0 Å². The minimum absolute atomic E-state index is 0.188. The van der Waals surface area contributed by atoms with E-state index in [-0.39, 0.29) is 11.2 Å². The molecule has 0 radical (unpaired) electrons. The highest BCUT2D eigenvalue weighted by Gasteiger charge is 2.20. The SMILES string of the molecule is CC(C)CCS(=O)(=O)NCC(C)(C)CCl. The minimum Gasteiger partial charge on any atom is -0.215 e. The Kier molecular flexibility index (Phi) is 6.14. The van der Waals surface area contributed by atoms with E-state index in [1.54, 1.807) is 0 Å². The summed E-state index contributed by atoms with van der Waals surface area (Å²) in [6, 6.07) is 0. The van der Waals surface area contributed by atoms with Crippen molar-refractivity contribution in [2.75, 3.05) is 18.2 Å². The molecule has 1 N–H and O–H groups in total. The summed E-state index contributed by atoms with van der Waals surface area (Å²) in [4.78, 5) is 0. The van der Waals surface area contributed by atoms with Crippen LogP contribution < -0.4 is 4.72 Å². The standard InChI is InChI=1S/C10H22ClNO2S/c1-9(2)5-6-15(13,14)12-8-10(3,4)7-11/h9,12H,5-8H2,1-4H3. The van der Waals surface area contributed by atoms with Crippen LogP contribution in [-0.4, -0.2) is 26.6 Å². The van der Waals surface area contributed by atoms with Crippen LogP contribution in [0.15, 0.2) is 0 Å². The highest BCUT2D eigenvalue weighted by atomic mass is 35.5. The topological polar surface area (TPSA) is 46.2 Å². The molecule has 0 aliphatic heterocycles. The predicted molar refractivity (Wildman–Crippen MR) is 65.7 cm³/mol. The third-order valence-electron chi connectivity index (χ3n) is 2.10. The number of nitrogens with one attached hydrogen (secondary N) is 1. The second-order valence-corrected chi connectivity index (χ2v) is 7.31. The highest BCUT2D eigenvalue weighted by molar-refractivity contribution is 7.89. The minimum atomic E-state index is -3.13. The molecule has 15 heavy (non-hydrogen) atoms. The summed E-state index contributed by atoms with van der Waals surface area (Å²) in [6.45, 7) is 8.29. The average molecular weight is 256 g/mol. The Morgan fingerprint density at radius 1 is 1.33 bits per heavy atom. The lowest BCUT2D eigenvalue weighted by molar-refractivity contribution is 0.413. The Morgan fingerprint density at radius 2 is 1.87 bits per heavy atom. The summed E-state index contributed by atoms with van der Waals surface area (Å²) < 4.78 is 25.7. The lowest BCUT2D eigenvalue weighted by Crippen LogP contribution is -2.36. The van der Waals surface area contributed by atoms with E-state index in [0.717, 1.165) is 0 Å². The van der Waals surface area contributed by atoms with E-state index in [9.17, 15) is 8.42 Å². The van der Waals surface area contributed by atoms with Crippen LogP contribution in [0.3, 0.4) is 0 Å². The third-order valence-corrected chi connectivity index (χ3v) is 4.18. The first-order valence-electron chi connectivity index (χ1n) is 5.22. The normalized spacial score (nSPS) is 13.5. The quantitative estimate of drug-likeness (QED) is 0.709. The fourth-order valence-electron chi connectivity index (χ4n) is 0.816. The monoisotopic (exact) mass is 255 g/mol. The summed E-state index contributed by atoms with van der Waals surface area (Å²) in [7, 11) is -3.13. The van der Waals surface area contributed by atoms with Gasteiger partial charge in [0.2, 0.25) is 10.0 Å². The van der Waals surface area contributed by atoms with E-state index >= 15 is 0 Å². The van der Waals surface area contributed by atoms with E-state index in [1.165, 1.54) is 0 Å². The van der Waals surface area contributed by atoms with Crippen molar-refractivity contribution in [3.05, 3.63) is 0 Å². The van der Waals surface area contributed by atoms with Gasteiger partial charge in [-0.3, -0.25) is 0 Å². The zero-order chi connectivity index (χ0) is 12.1. The molecular formula is C10H22ClNO2S. The van der Waals surface area contributed by atoms with Gasteiger partial charge >= 0.3 is 0 Å². The molecule has 0 rings (SSSR count). The molecule has 0 aliphatic rings. The molecule has 0 bridgehead atoms. The third kappa shape index (κ3) is 8.05. The first kappa shape index (κ1) is 15.2. The maximum Gasteiger partial charge on any atom is 0.211 e. The Morgan fingerprint density at radius 3 is 2.27 bits per heavy atom. The van der Waals surface area contributed by atoms with Crippen LogP contribution in [-0.2, 0) is 10.0 Å². The van der Waals surface area contributed by atoms with Crippen molar-refractivity contribution < 1.29 is 8.42 Å². The van der Waals surface area contributed by atoms with Gasteiger partial charge in [-0.2, -0.15) is 0 Å². The van der Waals surface area contributed by atoms with Gasteiger partial charge in [0.05, 0.1) is 5.75 Å². The molecule has 0 fully saturated rings. The summed E-state index contributed by atoms with van der Waals surface area (Å²) >= 11 is 5.71. The smallest absolute Gasteiger partial charge is 0.211 e. The predicted octanol–water partition coefficient (Wildman–Crippen LogP) is 2.22. The molecule has 3 nitrogen and oxygen atoms in total. The molecule has 0 aromatic carbocycles. The van der Waals surface area contributed by atoms with Gasteiger partial charge in [0.15, 0.2) is 0 Å². The number of halogens is 1. The van der Waals surface area contributed by atoms with E-state index < -0.39 is 10.0 Å². The highest BCUT2D eigenvalue weighted by Crippen LogP contribution is 2.15. The number of alkyl halides is 1. The van der Waals surface area contributed by atoms with Crippen LogP contribution in [0.25, 0.3) is 0 Å². The molecule has 0 aromatic heterocycles. The van der Waals surface area contributed by atoms with Crippen molar-refractivity contribution in [1.82, 2.24) is 4.72 Å². The first-order valence-corrected chi connectivity index (χ1v) is 7.40. The Labute approximate surface area is 98.6 Å². The number of rotatable bonds is 7. The van der Waals surface area contributed by atoms with Crippen molar-refractivity contribution in [1.29, 1.82) is 0 Å². The van der Waals surface area contributed by atoms with Crippen LogP contribution >= 0.6 is 11.6 Å². The van der Waals surface area contributed by atoms with Crippen molar-refractivity contribution in [2.45, 2.75) is 34.1 Å². The first-order chi connectivity index (χ1) is 6.68. The molecule has 0 spiro atoms. The molecule has 0 aromatic rings. The molecule has 0 saturated heterocycles. The molecule has 0 atom stereocenters. The second kappa shape index (κ2) is 6.06. The summed E-state index contributed by atoms with van der Waals surface area (Å²) in [6.07, 6.45) is 0.691. The van der Waals surface area contributed by atoms with Crippen LogP contribution in [0.5, 0.6) is 0 Å². The van der Waals surface area contributed by atoms with E-state index in [1.807, 2.05) is 27.7 Å². The van der Waals surface area contributed by atoms with Crippen LogP contribution in [0.4, 0.5) is 0 Å². The number of sulfonamides is 1. The van der Waals surface area contributed by atoms with Crippen molar-refractivity contribution in [3.8, 4) is 0 Å². The van der Waals surface area contributed by atoms with E-state index in [2.05, 4.69) is 4.72 Å². The summed E-state index contributed by atoms with van der Waals surface area (Å²) in [5.74, 6) is 1.05. The largest absolute Gasteiger partial charge is 0.215 e. The molecular weight excluding hydrogens is 234 g/mol. The van der Waals surface area contributed by atoms with Crippen LogP contribution in [0.2, 0.25) is 0 Å². The van der Waals surface area contributed by atoms with Crippen molar-refractivity contribution >= 4 is 21.6 Å². The molecule has 0 amide bonds. The van der Waals surface area contributed by atoms with E-state index in [0.29, 0.717) is 24.8 Å². The maximum atomic E-state index is 11.5. The van der Waals surface area contributed by atoms with Gasteiger partial charge in [0, 0.05) is 12.4 Å². The Balaban J connectivity index is 4.05. The molecule has 92 valence electrons. The summed E-state index contributed by atoms with van der Waals surface area (Å²) in [5, 5.41) is 0. The van der Waals surface area contributed by atoms with Gasteiger partial charge in [0.25, 0.3) is 0 Å². The average Bonchev–Trinajstić information content (AvgIpc) is 2.13. The molecule has 0 unspecified atom stereocenters. The maximum absolute atomic E-state index is 11.5. The lowest BCUT2D eigenvalue weighted by atomic mass is 9.97. The zero-order valence-corrected chi connectivity index (χ0v) is 11.6. The van der Waals surface area contributed by atoms with Gasteiger partial charge in [-0.05, 0) is 17.8 Å². The van der Waals surface area contributed by atoms with Gasteiger partial charge < -0.3 is 0 Å². The molecule has 0 saturated carbocycles. The molecule has 0 heterocycles. The van der Waals surface area contributed by atoms with Crippen molar-refractivity contribution in [3.63, 3.8) is 0 Å². The van der Waals surface area contributed by atoms with Gasteiger partial charge in [-0.15, -0.1) is 11.6 Å². The fraction of sp³-hybridized carbons (Fsp3) is 1.00. The fourth-order valence-corrected chi connectivity index (χ4v) is 2.45. The Hall–Kier alpha value is 0.200. The van der Waals surface area contributed by atoms with Gasteiger partial charge in [-0.25, -0.2) is 13.1 Å². The lowest BCUT2D eigenvalue weighted by Gasteiger charge is -2.21. The molecule has 5 heteroatoms. The number of hydrogen-bond donors (Lipinski definition) is 1. The van der Waals surface area contributed by atoms with Gasteiger partial charge in [-0.1, -0.05) is 27.7 Å². The number of hydrogen-bond acceptors (Lipinski definition) is 2. The Bertz CT molecular complexity index is 273. The van der Waals surface area contributed by atoms with E-state index in [4.69, 9.17) is 11.6 Å². The van der Waals surface area contributed by atoms with Crippen molar-refractivity contribution in [2.24, 2.45) is 11.3 Å². The zero-order valence-electron chi connectivity index (χ0n) is 10.0. The molecule has 0 aliphatic carbocycles. The van der Waals surface area contributed by atoms with Crippen LogP contribution in [0.1, 0.15) is 34.1 Å². The summed E-state index contributed by atoms with van der Waals surface area (Å²) in [5.41, 5.74) is -0.188. The second-order valence-electron chi connectivity index (χ2n) is 5.12.